The van der Waals surface area contributed by atoms with E-state index in [2.05, 4.69) is 9.88 Å². The smallest absolute Gasteiger partial charge is 0.340 e. The molecular weight excluding hydrogens is 416 g/mol. The molecule has 0 unspecified atom stereocenters. The number of aromatic nitrogens is 1. The molecule has 1 aromatic heterocycles. The van der Waals surface area contributed by atoms with E-state index >= 15 is 0 Å². The minimum Gasteiger partial charge on any atom is -0.491 e. The lowest BCUT2D eigenvalue weighted by atomic mass is 10.1. The number of para-hydroxylation sites is 2. The number of ether oxygens (including phenoxy) is 2. The standard InChI is InChI=1S/C27H28N2O4/c1-18-9-7-8-12-24(18)29-19(2)26(27(31)32-3)23-15-22(13-14-25(23)29)33-17-21(30)16-28-20-10-5-4-6-11-20/h4-15,21,28,30H,16-17H2,1-3H3/t21-/m0/s1. The highest BCUT2D eigenvalue weighted by Gasteiger charge is 2.22. The van der Waals surface area contributed by atoms with Crippen LogP contribution in [0.4, 0.5) is 5.69 Å². The molecule has 0 fully saturated rings. The number of nitrogens with one attached hydrogen (secondary N) is 1. The summed E-state index contributed by atoms with van der Waals surface area (Å²) >= 11 is 0. The molecular formula is C27H28N2O4. The molecule has 0 aliphatic carbocycles. The number of esters is 1. The highest BCUT2D eigenvalue weighted by Crippen LogP contribution is 2.33. The van der Waals surface area contributed by atoms with Gasteiger partial charge in [0.25, 0.3) is 0 Å². The molecule has 0 saturated carbocycles. The van der Waals surface area contributed by atoms with Gasteiger partial charge < -0.3 is 24.5 Å². The molecule has 170 valence electrons. The summed E-state index contributed by atoms with van der Waals surface area (Å²) in [7, 11) is 1.38. The molecule has 33 heavy (non-hydrogen) atoms. The predicted octanol–water partition coefficient (Wildman–Crippen LogP) is 4.89. The van der Waals surface area contributed by atoms with Gasteiger partial charge in [0.2, 0.25) is 0 Å². The van der Waals surface area contributed by atoms with Crippen LogP contribution in [0, 0.1) is 13.8 Å². The summed E-state index contributed by atoms with van der Waals surface area (Å²) in [5, 5.41) is 14.3. The minimum absolute atomic E-state index is 0.121. The summed E-state index contributed by atoms with van der Waals surface area (Å²) in [6.07, 6.45) is -0.695. The van der Waals surface area contributed by atoms with E-state index in [1.54, 1.807) is 0 Å². The van der Waals surface area contributed by atoms with Gasteiger partial charge in [-0.1, -0.05) is 36.4 Å². The van der Waals surface area contributed by atoms with Gasteiger partial charge in [-0.2, -0.15) is 0 Å². The second-order valence-electron chi connectivity index (χ2n) is 7.96. The molecule has 6 nitrogen and oxygen atoms in total. The van der Waals surface area contributed by atoms with Gasteiger partial charge in [-0.25, -0.2) is 4.79 Å². The lowest BCUT2D eigenvalue weighted by molar-refractivity contribution is 0.0602. The number of aryl methyl sites for hydroxylation is 1. The molecule has 4 aromatic rings. The van der Waals surface area contributed by atoms with E-state index in [1.807, 2.05) is 86.6 Å². The Labute approximate surface area is 193 Å². The normalized spacial score (nSPS) is 11.9. The summed E-state index contributed by atoms with van der Waals surface area (Å²) in [5.74, 6) is 0.183. The van der Waals surface area contributed by atoms with Crippen LogP contribution < -0.4 is 10.1 Å². The number of hydrogen-bond donors (Lipinski definition) is 2. The third-order valence-electron chi connectivity index (χ3n) is 5.68. The first kappa shape index (κ1) is 22.4. The molecule has 0 spiro atoms. The van der Waals surface area contributed by atoms with Crippen molar-refractivity contribution >= 4 is 22.6 Å². The Balaban J connectivity index is 1.60. The Hall–Kier alpha value is -3.77. The molecule has 6 heteroatoms. The summed E-state index contributed by atoms with van der Waals surface area (Å²) in [6.45, 7) is 4.44. The van der Waals surface area contributed by atoms with E-state index in [4.69, 9.17) is 9.47 Å². The van der Waals surface area contributed by atoms with Crippen molar-refractivity contribution in [3.8, 4) is 11.4 Å². The predicted molar refractivity (Wildman–Crippen MR) is 131 cm³/mol. The summed E-state index contributed by atoms with van der Waals surface area (Å²) in [4.78, 5) is 12.7. The maximum atomic E-state index is 12.7. The number of anilines is 1. The van der Waals surface area contributed by atoms with Crippen LogP contribution >= 0.6 is 0 Å². The van der Waals surface area contributed by atoms with Crippen LogP contribution in [0.2, 0.25) is 0 Å². The van der Waals surface area contributed by atoms with Gasteiger partial charge in [-0.15, -0.1) is 0 Å². The fraction of sp³-hybridized carbons (Fsp3) is 0.222. The number of aliphatic hydroxyl groups is 1. The number of nitrogens with zero attached hydrogens (tertiary/aromatic N) is 1. The molecule has 0 aliphatic rings. The Morgan fingerprint density at radius 1 is 1.03 bits per heavy atom. The Kier molecular flexibility index (Phi) is 6.66. The van der Waals surface area contributed by atoms with Crippen molar-refractivity contribution in [2.45, 2.75) is 20.0 Å². The van der Waals surface area contributed by atoms with Gasteiger partial charge in [0.05, 0.1) is 18.2 Å². The lowest BCUT2D eigenvalue weighted by Crippen LogP contribution is -2.26. The average molecular weight is 445 g/mol. The zero-order valence-corrected chi connectivity index (χ0v) is 19.0. The molecule has 0 saturated heterocycles. The first-order valence-electron chi connectivity index (χ1n) is 10.9. The number of methoxy groups -OCH3 is 1. The van der Waals surface area contributed by atoms with Crippen molar-refractivity contribution in [2.75, 3.05) is 25.6 Å². The monoisotopic (exact) mass is 444 g/mol. The number of carbonyl (C=O) groups excluding carboxylic acids is 1. The van der Waals surface area contributed by atoms with Gasteiger partial charge in [-0.3, -0.25) is 0 Å². The number of rotatable bonds is 8. The van der Waals surface area contributed by atoms with Crippen LogP contribution in [0.3, 0.4) is 0 Å². The van der Waals surface area contributed by atoms with Gasteiger partial charge >= 0.3 is 5.97 Å². The third kappa shape index (κ3) is 4.71. The SMILES string of the molecule is COC(=O)c1c(C)n(-c2ccccc2C)c2ccc(OC[C@@H](O)CNc3ccccc3)cc12. The number of carbonyl (C=O) groups is 1. The van der Waals surface area contributed by atoms with Gasteiger partial charge in [0, 0.05) is 29.0 Å². The first-order chi connectivity index (χ1) is 16.0. The Bertz CT molecular complexity index is 1260. The largest absolute Gasteiger partial charge is 0.491 e. The molecule has 0 aliphatic heterocycles. The van der Waals surface area contributed by atoms with Crippen molar-refractivity contribution < 1.29 is 19.4 Å². The fourth-order valence-corrected chi connectivity index (χ4v) is 4.02. The first-order valence-corrected chi connectivity index (χ1v) is 10.9. The topological polar surface area (TPSA) is 72.7 Å². The fourth-order valence-electron chi connectivity index (χ4n) is 4.02. The van der Waals surface area contributed by atoms with Gasteiger partial charge in [-0.05, 0) is 55.8 Å². The highest BCUT2D eigenvalue weighted by atomic mass is 16.5. The number of fused-ring (bicyclic) bond motifs is 1. The van der Waals surface area contributed by atoms with Crippen LogP contribution in [-0.2, 0) is 4.74 Å². The Morgan fingerprint density at radius 2 is 1.76 bits per heavy atom. The molecule has 0 bridgehead atoms. The number of hydrogen-bond acceptors (Lipinski definition) is 5. The Morgan fingerprint density at radius 3 is 2.48 bits per heavy atom. The van der Waals surface area contributed by atoms with E-state index in [1.165, 1.54) is 7.11 Å². The molecule has 1 heterocycles. The van der Waals surface area contributed by atoms with Crippen LogP contribution in [0.1, 0.15) is 21.6 Å². The van der Waals surface area contributed by atoms with E-state index in [-0.39, 0.29) is 6.61 Å². The van der Waals surface area contributed by atoms with Crippen LogP contribution in [-0.4, -0.2) is 42.0 Å². The zero-order chi connectivity index (χ0) is 23.4. The second kappa shape index (κ2) is 9.79. The average Bonchev–Trinajstić information content (AvgIpc) is 3.12. The molecule has 0 amide bonds. The van der Waals surface area contributed by atoms with Gasteiger partial charge in [0.1, 0.15) is 18.5 Å². The van der Waals surface area contributed by atoms with E-state index in [9.17, 15) is 9.90 Å². The van der Waals surface area contributed by atoms with Crippen LogP contribution in [0.5, 0.6) is 5.75 Å². The van der Waals surface area contributed by atoms with Crippen LogP contribution in [0.25, 0.3) is 16.6 Å². The van der Waals surface area contributed by atoms with Crippen molar-refractivity contribution in [1.29, 1.82) is 0 Å². The number of aliphatic hydroxyl groups excluding tert-OH is 1. The maximum Gasteiger partial charge on any atom is 0.340 e. The molecule has 3 aromatic carbocycles. The quantitative estimate of drug-likeness (QED) is 0.379. The minimum atomic E-state index is -0.695. The molecule has 1 atom stereocenters. The highest BCUT2D eigenvalue weighted by molar-refractivity contribution is 6.07. The molecule has 0 radical (unpaired) electrons. The zero-order valence-electron chi connectivity index (χ0n) is 19.0. The second-order valence-corrected chi connectivity index (χ2v) is 7.96. The number of benzene rings is 3. The van der Waals surface area contributed by atoms with Crippen molar-refractivity contribution in [3.05, 3.63) is 89.6 Å². The van der Waals surface area contributed by atoms with E-state index in [0.717, 1.165) is 33.5 Å². The van der Waals surface area contributed by atoms with E-state index in [0.29, 0.717) is 17.9 Å². The van der Waals surface area contributed by atoms with E-state index < -0.39 is 12.1 Å². The lowest BCUT2D eigenvalue weighted by Gasteiger charge is -2.14. The molecule has 2 N–H and O–H groups in total. The summed E-state index contributed by atoms with van der Waals surface area (Å²) in [5.41, 5.74) is 5.24. The maximum absolute atomic E-state index is 12.7. The van der Waals surface area contributed by atoms with Crippen molar-refractivity contribution in [1.82, 2.24) is 4.57 Å². The summed E-state index contributed by atoms with van der Waals surface area (Å²) in [6, 6.07) is 23.4. The molecule has 4 rings (SSSR count). The third-order valence-corrected chi connectivity index (χ3v) is 5.68. The van der Waals surface area contributed by atoms with Crippen LogP contribution in [0.15, 0.2) is 72.8 Å². The van der Waals surface area contributed by atoms with Crippen molar-refractivity contribution in [2.24, 2.45) is 0 Å². The summed E-state index contributed by atoms with van der Waals surface area (Å²) < 4.78 is 13.0. The van der Waals surface area contributed by atoms with Gasteiger partial charge in [0.15, 0.2) is 0 Å². The van der Waals surface area contributed by atoms with Crippen molar-refractivity contribution in [3.63, 3.8) is 0 Å².